The molecule has 1 heterocycles. The lowest BCUT2D eigenvalue weighted by Crippen LogP contribution is -2.59. The number of amides is 1. The Kier molecular flexibility index (Phi) is 5.09. The predicted octanol–water partition coefficient (Wildman–Crippen LogP) is 2.87. The lowest BCUT2D eigenvalue weighted by molar-refractivity contribution is -0.123. The average molecular weight is 342 g/mol. The van der Waals surface area contributed by atoms with Gasteiger partial charge in [-0.1, -0.05) is 43.5 Å². The third kappa shape index (κ3) is 3.47. The van der Waals surface area contributed by atoms with Gasteiger partial charge in [-0.2, -0.15) is 0 Å². The summed E-state index contributed by atoms with van der Waals surface area (Å²) in [7, 11) is 0. The third-order valence-corrected chi connectivity index (χ3v) is 6.51. The van der Waals surface area contributed by atoms with Crippen LogP contribution in [0.1, 0.15) is 55.6 Å². The topological polar surface area (TPSA) is 41.6 Å². The standard InChI is InChI=1S/C21H30N2O2/c24-20(19-9-8-17-6-2-3-7-18(17)19)22-16-21(10-4-1-5-11-21)23-12-14-25-15-13-23/h2-3,6-7,19H,1,4-5,8-16H2,(H,22,24). The Bertz CT molecular complexity index is 604. The molecule has 136 valence electrons. The minimum absolute atomic E-state index is 0.0431. The molecule has 25 heavy (non-hydrogen) atoms. The van der Waals surface area contributed by atoms with Gasteiger partial charge in [0.25, 0.3) is 0 Å². The molecule has 3 aliphatic rings. The molecule has 1 aliphatic heterocycles. The van der Waals surface area contributed by atoms with Crippen molar-refractivity contribution in [3.8, 4) is 0 Å². The van der Waals surface area contributed by atoms with Crippen molar-refractivity contribution in [3.63, 3.8) is 0 Å². The molecule has 1 aromatic carbocycles. The van der Waals surface area contributed by atoms with Crippen LogP contribution in [-0.2, 0) is 16.0 Å². The maximum absolute atomic E-state index is 12.9. The Morgan fingerprint density at radius 2 is 1.92 bits per heavy atom. The molecule has 4 rings (SSSR count). The summed E-state index contributed by atoms with van der Waals surface area (Å²) < 4.78 is 5.55. The van der Waals surface area contributed by atoms with E-state index in [0.717, 1.165) is 45.7 Å². The van der Waals surface area contributed by atoms with Crippen molar-refractivity contribution in [1.82, 2.24) is 10.2 Å². The molecular weight excluding hydrogens is 312 g/mol. The van der Waals surface area contributed by atoms with Crippen LogP contribution in [0.5, 0.6) is 0 Å². The molecular formula is C21H30N2O2. The second-order valence-corrected chi connectivity index (χ2v) is 7.89. The van der Waals surface area contributed by atoms with E-state index in [1.54, 1.807) is 0 Å². The number of nitrogens with one attached hydrogen (secondary N) is 1. The first-order valence-corrected chi connectivity index (χ1v) is 9.97. The fraction of sp³-hybridized carbons (Fsp3) is 0.667. The summed E-state index contributed by atoms with van der Waals surface area (Å²) >= 11 is 0. The number of carbonyl (C=O) groups excluding carboxylic acids is 1. The van der Waals surface area contributed by atoms with Crippen LogP contribution in [0.3, 0.4) is 0 Å². The SMILES string of the molecule is O=C(NCC1(N2CCOCC2)CCCCC1)C1CCc2ccccc21. The molecule has 1 N–H and O–H groups in total. The van der Waals surface area contributed by atoms with E-state index in [2.05, 4.69) is 34.5 Å². The summed E-state index contributed by atoms with van der Waals surface area (Å²) in [5.74, 6) is 0.268. The molecule has 0 radical (unpaired) electrons. The number of rotatable bonds is 4. The molecule has 1 atom stereocenters. The van der Waals surface area contributed by atoms with Crippen LogP contribution in [-0.4, -0.2) is 49.2 Å². The Morgan fingerprint density at radius 1 is 1.16 bits per heavy atom. The van der Waals surface area contributed by atoms with Gasteiger partial charge in [-0.25, -0.2) is 0 Å². The summed E-state index contributed by atoms with van der Waals surface area (Å²) in [6.07, 6.45) is 8.27. The van der Waals surface area contributed by atoms with Crippen LogP contribution < -0.4 is 5.32 Å². The second kappa shape index (κ2) is 7.46. The number of nitrogens with zero attached hydrogens (tertiary/aromatic N) is 1. The zero-order valence-corrected chi connectivity index (χ0v) is 15.1. The summed E-state index contributed by atoms with van der Waals surface area (Å²) in [5, 5.41) is 3.35. The quantitative estimate of drug-likeness (QED) is 0.915. The van der Waals surface area contributed by atoms with Gasteiger partial charge >= 0.3 is 0 Å². The smallest absolute Gasteiger partial charge is 0.227 e. The van der Waals surface area contributed by atoms with Crippen LogP contribution in [0.25, 0.3) is 0 Å². The summed E-state index contributed by atoms with van der Waals surface area (Å²) in [6.45, 7) is 4.45. The fourth-order valence-electron chi connectivity index (χ4n) is 5.06. The van der Waals surface area contributed by atoms with Crippen molar-refractivity contribution in [2.45, 2.75) is 56.4 Å². The number of morpholine rings is 1. The van der Waals surface area contributed by atoms with Crippen LogP contribution in [0, 0.1) is 0 Å². The van der Waals surface area contributed by atoms with Gasteiger partial charge in [0.1, 0.15) is 0 Å². The largest absolute Gasteiger partial charge is 0.379 e. The van der Waals surface area contributed by atoms with Gasteiger partial charge in [-0.3, -0.25) is 9.69 Å². The highest BCUT2D eigenvalue weighted by Crippen LogP contribution is 2.35. The molecule has 1 saturated heterocycles. The van der Waals surface area contributed by atoms with E-state index in [1.807, 2.05) is 0 Å². The molecule has 2 fully saturated rings. The van der Waals surface area contributed by atoms with Gasteiger partial charge in [0.05, 0.1) is 19.1 Å². The maximum Gasteiger partial charge on any atom is 0.227 e. The molecule has 1 saturated carbocycles. The first-order chi connectivity index (χ1) is 12.3. The van der Waals surface area contributed by atoms with E-state index in [-0.39, 0.29) is 17.4 Å². The van der Waals surface area contributed by atoms with Gasteiger partial charge in [0.2, 0.25) is 5.91 Å². The molecule has 2 aliphatic carbocycles. The third-order valence-electron chi connectivity index (χ3n) is 6.51. The average Bonchev–Trinajstić information content (AvgIpc) is 3.12. The molecule has 4 nitrogen and oxygen atoms in total. The van der Waals surface area contributed by atoms with E-state index in [0.29, 0.717) is 0 Å². The minimum Gasteiger partial charge on any atom is -0.379 e. The molecule has 1 aromatic rings. The van der Waals surface area contributed by atoms with E-state index in [4.69, 9.17) is 4.74 Å². The zero-order valence-electron chi connectivity index (χ0n) is 15.1. The van der Waals surface area contributed by atoms with Crippen LogP contribution in [0.15, 0.2) is 24.3 Å². The minimum atomic E-state index is 0.0431. The number of benzene rings is 1. The second-order valence-electron chi connectivity index (χ2n) is 7.89. The van der Waals surface area contributed by atoms with Gasteiger partial charge in [-0.05, 0) is 36.8 Å². The van der Waals surface area contributed by atoms with Crippen molar-refractivity contribution >= 4 is 5.91 Å². The molecule has 1 unspecified atom stereocenters. The maximum atomic E-state index is 12.9. The Morgan fingerprint density at radius 3 is 2.72 bits per heavy atom. The predicted molar refractivity (Wildman–Crippen MR) is 98.7 cm³/mol. The normalized spacial score (nSPS) is 26.2. The van der Waals surface area contributed by atoms with E-state index >= 15 is 0 Å². The lowest BCUT2D eigenvalue weighted by atomic mass is 9.79. The zero-order chi connectivity index (χ0) is 17.1. The van der Waals surface area contributed by atoms with Gasteiger partial charge in [-0.15, -0.1) is 0 Å². The highest BCUT2D eigenvalue weighted by Gasteiger charge is 2.39. The first-order valence-electron chi connectivity index (χ1n) is 9.97. The molecule has 0 bridgehead atoms. The summed E-state index contributed by atoms with van der Waals surface area (Å²) in [5.41, 5.74) is 2.74. The molecule has 4 heteroatoms. The van der Waals surface area contributed by atoms with Gasteiger partial charge < -0.3 is 10.1 Å². The highest BCUT2D eigenvalue weighted by atomic mass is 16.5. The van der Waals surface area contributed by atoms with E-state index in [1.165, 1.54) is 43.2 Å². The monoisotopic (exact) mass is 342 g/mol. The first kappa shape index (κ1) is 17.0. The Balaban J connectivity index is 1.43. The Labute approximate surface area is 150 Å². The van der Waals surface area contributed by atoms with E-state index < -0.39 is 0 Å². The summed E-state index contributed by atoms with van der Waals surface area (Å²) in [4.78, 5) is 15.5. The summed E-state index contributed by atoms with van der Waals surface area (Å²) in [6, 6.07) is 8.43. The van der Waals surface area contributed by atoms with E-state index in [9.17, 15) is 4.79 Å². The van der Waals surface area contributed by atoms with Crippen molar-refractivity contribution in [2.75, 3.05) is 32.8 Å². The van der Waals surface area contributed by atoms with Crippen molar-refractivity contribution in [1.29, 1.82) is 0 Å². The van der Waals surface area contributed by atoms with Crippen molar-refractivity contribution in [3.05, 3.63) is 35.4 Å². The Hall–Kier alpha value is -1.39. The number of fused-ring (bicyclic) bond motifs is 1. The molecule has 0 aromatic heterocycles. The van der Waals surface area contributed by atoms with Gasteiger partial charge in [0.15, 0.2) is 0 Å². The highest BCUT2D eigenvalue weighted by molar-refractivity contribution is 5.85. The molecule has 1 amide bonds. The van der Waals surface area contributed by atoms with Crippen LogP contribution >= 0.6 is 0 Å². The van der Waals surface area contributed by atoms with Crippen molar-refractivity contribution < 1.29 is 9.53 Å². The number of carbonyl (C=O) groups is 1. The van der Waals surface area contributed by atoms with Gasteiger partial charge in [0, 0.05) is 25.2 Å². The molecule has 0 spiro atoms. The fourth-order valence-corrected chi connectivity index (χ4v) is 5.06. The van der Waals surface area contributed by atoms with Crippen LogP contribution in [0.2, 0.25) is 0 Å². The number of ether oxygens (including phenoxy) is 1. The number of aryl methyl sites for hydroxylation is 1. The van der Waals surface area contributed by atoms with Crippen molar-refractivity contribution in [2.24, 2.45) is 0 Å². The lowest BCUT2D eigenvalue weighted by Gasteiger charge is -2.48. The number of hydrogen-bond donors (Lipinski definition) is 1. The van der Waals surface area contributed by atoms with Crippen LogP contribution in [0.4, 0.5) is 0 Å². The number of hydrogen-bond acceptors (Lipinski definition) is 3.